The van der Waals surface area contributed by atoms with Crippen LogP contribution in [0.2, 0.25) is 0 Å². The second kappa shape index (κ2) is 8.40. The van der Waals surface area contributed by atoms with Crippen molar-refractivity contribution in [2.24, 2.45) is 5.14 Å². The maximum absolute atomic E-state index is 13.1. The number of anilines is 1. The lowest BCUT2D eigenvalue weighted by Crippen LogP contribution is -2.38. The highest BCUT2D eigenvalue weighted by Crippen LogP contribution is 2.39. The number of aromatic amines is 1. The number of benzene rings is 1. The standard InChI is InChI=1S/C16H24N8O5S2/c17-30(26,27)15-13(31(28,29)21-10-3-6-18-9-10)2-1-12(14(15)16-19-22-23-20-16)24-7-4-11(25)5-8-24/h1-2,10-11,18,21,25H,3-9H2,(H2,17,26,27)(H,19,20,22,23)/t10-/m1/s1. The van der Waals surface area contributed by atoms with Crippen LogP contribution in [-0.2, 0) is 20.0 Å². The topological polar surface area (TPSA) is 196 Å². The van der Waals surface area contributed by atoms with E-state index in [1.807, 2.05) is 4.90 Å². The van der Waals surface area contributed by atoms with Gasteiger partial charge in [-0.3, -0.25) is 0 Å². The first kappa shape index (κ1) is 22.0. The van der Waals surface area contributed by atoms with Crippen LogP contribution in [0.3, 0.4) is 0 Å². The van der Waals surface area contributed by atoms with Crippen molar-refractivity contribution in [2.45, 2.75) is 41.2 Å². The molecule has 0 aliphatic carbocycles. The number of aromatic nitrogens is 4. The quantitative estimate of drug-likeness (QED) is 0.317. The van der Waals surface area contributed by atoms with Crippen LogP contribution in [0.15, 0.2) is 21.9 Å². The average molecular weight is 473 g/mol. The molecule has 0 bridgehead atoms. The Morgan fingerprint density at radius 2 is 1.90 bits per heavy atom. The first-order chi connectivity index (χ1) is 14.7. The molecular formula is C16H24N8O5S2. The number of nitrogens with two attached hydrogens (primary N) is 1. The van der Waals surface area contributed by atoms with Gasteiger partial charge in [0.25, 0.3) is 0 Å². The number of piperidine rings is 1. The fourth-order valence-corrected chi connectivity index (χ4v) is 6.81. The molecule has 13 nitrogen and oxygen atoms in total. The monoisotopic (exact) mass is 472 g/mol. The van der Waals surface area contributed by atoms with Crippen LogP contribution in [0, 0.1) is 0 Å². The molecule has 0 unspecified atom stereocenters. The minimum Gasteiger partial charge on any atom is -0.393 e. The van der Waals surface area contributed by atoms with Gasteiger partial charge in [0.2, 0.25) is 25.9 Å². The molecule has 170 valence electrons. The van der Waals surface area contributed by atoms with Crippen molar-refractivity contribution in [3.8, 4) is 11.4 Å². The normalized spacial score (nSPS) is 21.0. The van der Waals surface area contributed by atoms with Gasteiger partial charge in [-0.25, -0.2) is 26.7 Å². The van der Waals surface area contributed by atoms with Gasteiger partial charge in [-0.15, -0.1) is 10.2 Å². The molecule has 0 spiro atoms. The molecule has 31 heavy (non-hydrogen) atoms. The van der Waals surface area contributed by atoms with Crippen molar-refractivity contribution in [3.05, 3.63) is 12.1 Å². The number of primary sulfonamides is 1. The molecule has 6 N–H and O–H groups in total. The van der Waals surface area contributed by atoms with Gasteiger partial charge in [-0.1, -0.05) is 0 Å². The molecule has 2 aromatic rings. The van der Waals surface area contributed by atoms with Crippen LogP contribution < -0.4 is 20.1 Å². The summed E-state index contributed by atoms with van der Waals surface area (Å²) in [5.41, 5.74) is 0.360. The largest absolute Gasteiger partial charge is 0.393 e. The van der Waals surface area contributed by atoms with E-state index in [-0.39, 0.29) is 17.4 Å². The number of rotatable bonds is 6. The summed E-state index contributed by atoms with van der Waals surface area (Å²) in [6.07, 6.45) is 1.08. The summed E-state index contributed by atoms with van der Waals surface area (Å²) >= 11 is 0. The van der Waals surface area contributed by atoms with Crippen molar-refractivity contribution < 1.29 is 21.9 Å². The Hall–Kier alpha value is -2.17. The van der Waals surface area contributed by atoms with Crippen LogP contribution in [-0.4, -0.2) is 80.9 Å². The maximum atomic E-state index is 13.1. The highest BCUT2D eigenvalue weighted by Gasteiger charge is 2.35. The molecule has 15 heteroatoms. The number of nitrogens with one attached hydrogen (secondary N) is 3. The Morgan fingerprint density at radius 3 is 2.48 bits per heavy atom. The Balaban J connectivity index is 1.90. The number of sulfonamides is 2. The smallest absolute Gasteiger partial charge is 0.242 e. The fourth-order valence-electron chi connectivity index (χ4n) is 3.94. The van der Waals surface area contributed by atoms with Crippen molar-refractivity contribution in [1.29, 1.82) is 0 Å². The predicted octanol–water partition coefficient (Wildman–Crippen LogP) is -1.88. The van der Waals surface area contributed by atoms with Crippen LogP contribution in [0.1, 0.15) is 19.3 Å². The van der Waals surface area contributed by atoms with Gasteiger partial charge >= 0.3 is 0 Å². The zero-order chi connectivity index (χ0) is 22.2. The van der Waals surface area contributed by atoms with Crippen LogP contribution in [0.25, 0.3) is 11.4 Å². The van der Waals surface area contributed by atoms with Crippen LogP contribution in [0.4, 0.5) is 5.69 Å². The zero-order valence-corrected chi connectivity index (χ0v) is 18.2. The third-order valence-corrected chi connectivity index (χ3v) is 8.12. The number of hydrogen-bond acceptors (Lipinski definition) is 10. The van der Waals surface area contributed by atoms with Crippen molar-refractivity contribution in [3.63, 3.8) is 0 Å². The first-order valence-corrected chi connectivity index (χ1v) is 12.8. The molecule has 2 aliphatic rings. The van der Waals surface area contributed by atoms with Crippen LogP contribution >= 0.6 is 0 Å². The average Bonchev–Trinajstić information content (AvgIpc) is 3.40. The fraction of sp³-hybridized carbons (Fsp3) is 0.562. The Morgan fingerprint density at radius 1 is 1.16 bits per heavy atom. The van der Waals surface area contributed by atoms with E-state index >= 15 is 0 Å². The molecule has 1 atom stereocenters. The number of hydrogen-bond donors (Lipinski definition) is 5. The van der Waals surface area contributed by atoms with E-state index in [9.17, 15) is 21.9 Å². The molecule has 3 heterocycles. The highest BCUT2D eigenvalue weighted by molar-refractivity contribution is 7.92. The Kier molecular flexibility index (Phi) is 5.97. The molecule has 1 aromatic heterocycles. The summed E-state index contributed by atoms with van der Waals surface area (Å²) in [6.45, 7) is 1.97. The summed E-state index contributed by atoms with van der Waals surface area (Å²) in [7, 11) is -8.73. The summed E-state index contributed by atoms with van der Waals surface area (Å²) < 4.78 is 54.2. The van der Waals surface area contributed by atoms with Crippen molar-refractivity contribution in [1.82, 2.24) is 30.7 Å². The van der Waals surface area contributed by atoms with Gasteiger partial charge in [-0.2, -0.15) is 5.21 Å². The molecular weight excluding hydrogens is 448 g/mol. The molecule has 1 aromatic carbocycles. The van der Waals surface area contributed by atoms with Gasteiger partial charge < -0.3 is 15.3 Å². The summed E-state index contributed by atoms with van der Waals surface area (Å²) in [5.74, 6) is -0.0928. The third-order valence-electron chi connectivity index (χ3n) is 5.43. The molecule has 2 saturated heterocycles. The van der Waals surface area contributed by atoms with Gasteiger partial charge in [0, 0.05) is 31.4 Å². The van der Waals surface area contributed by atoms with E-state index in [1.165, 1.54) is 12.1 Å². The highest BCUT2D eigenvalue weighted by atomic mass is 32.2. The van der Waals surface area contributed by atoms with Gasteiger partial charge in [0.1, 0.15) is 9.79 Å². The van der Waals surface area contributed by atoms with Gasteiger partial charge in [0.05, 0.1) is 11.7 Å². The van der Waals surface area contributed by atoms with Gasteiger partial charge in [-0.05, 0) is 43.2 Å². The molecule has 2 fully saturated rings. The number of tetrazole rings is 1. The maximum Gasteiger partial charge on any atom is 0.242 e. The Bertz CT molecular complexity index is 1140. The van der Waals surface area contributed by atoms with Crippen molar-refractivity contribution >= 4 is 25.7 Å². The predicted molar refractivity (Wildman–Crippen MR) is 110 cm³/mol. The van der Waals surface area contributed by atoms with Gasteiger partial charge in [0.15, 0.2) is 0 Å². The zero-order valence-electron chi connectivity index (χ0n) is 16.5. The molecule has 0 radical (unpaired) electrons. The third kappa shape index (κ3) is 4.56. The SMILES string of the molecule is NS(=O)(=O)c1c(S(=O)(=O)N[C@@H]2CCNC2)ccc(N2CCC(O)CC2)c1-c1nn[nH]n1. The number of aliphatic hydroxyl groups is 1. The van der Waals surface area contributed by atoms with E-state index in [4.69, 9.17) is 5.14 Å². The lowest BCUT2D eigenvalue weighted by Gasteiger charge is -2.33. The van der Waals surface area contributed by atoms with E-state index in [0.717, 1.165) is 0 Å². The molecule has 0 saturated carbocycles. The minimum atomic E-state index is -4.51. The summed E-state index contributed by atoms with van der Waals surface area (Å²) in [6, 6.07) is 2.38. The minimum absolute atomic E-state index is 0.0416. The summed E-state index contributed by atoms with van der Waals surface area (Å²) in [5, 5.41) is 31.9. The molecule has 4 rings (SSSR count). The number of nitrogens with zero attached hydrogens (tertiary/aromatic N) is 4. The number of H-pyrrole nitrogens is 1. The van der Waals surface area contributed by atoms with Crippen LogP contribution in [0.5, 0.6) is 0 Å². The second-order valence-electron chi connectivity index (χ2n) is 7.60. The van der Waals surface area contributed by atoms with E-state index in [1.54, 1.807) is 0 Å². The van der Waals surface area contributed by atoms with Crippen molar-refractivity contribution in [2.75, 3.05) is 31.1 Å². The van der Waals surface area contributed by atoms with E-state index in [2.05, 4.69) is 30.7 Å². The number of aliphatic hydroxyl groups excluding tert-OH is 1. The second-order valence-corrected chi connectivity index (χ2v) is 10.8. The Labute approximate surface area is 179 Å². The van der Waals surface area contributed by atoms with E-state index in [0.29, 0.717) is 51.1 Å². The lowest BCUT2D eigenvalue weighted by atomic mass is 10.0. The lowest BCUT2D eigenvalue weighted by molar-refractivity contribution is 0.145. The summed E-state index contributed by atoms with van der Waals surface area (Å²) in [4.78, 5) is 0.788. The molecule has 0 amide bonds. The van der Waals surface area contributed by atoms with E-state index < -0.39 is 35.9 Å². The molecule has 2 aliphatic heterocycles. The first-order valence-electron chi connectivity index (χ1n) is 9.76.